The van der Waals surface area contributed by atoms with Gasteiger partial charge < -0.3 is 10.2 Å². The van der Waals surface area contributed by atoms with Crippen molar-refractivity contribution < 1.29 is 9.59 Å². The Balaban J connectivity index is 1.26. The van der Waals surface area contributed by atoms with E-state index in [-0.39, 0.29) is 17.9 Å². The molecule has 0 bridgehead atoms. The van der Waals surface area contributed by atoms with Gasteiger partial charge in [-0.25, -0.2) is 4.68 Å². The second-order valence-corrected chi connectivity index (χ2v) is 11.1. The SMILES string of the molecule is CCN1C(=O)[C@H](CC2CCCCC2)NC(=O)C12CCN(Cc1c(C)nn(-c3ccccc3)c1C)CC2. The van der Waals surface area contributed by atoms with Gasteiger partial charge in [-0.05, 0) is 58.1 Å². The van der Waals surface area contributed by atoms with E-state index in [1.54, 1.807) is 0 Å². The molecular weight excluding hydrogens is 450 g/mol. The molecule has 3 fully saturated rings. The molecule has 2 saturated heterocycles. The molecule has 2 aliphatic heterocycles. The summed E-state index contributed by atoms with van der Waals surface area (Å²) in [6, 6.07) is 9.89. The molecule has 7 heteroatoms. The van der Waals surface area contributed by atoms with Gasteiger partial charge >= 0.3 is 0 Å². The number of likely N-dealkylation sites (N-methyl/N-ethyl adjacent to an activating group) is 1. The molecule has 1 atom stereocenters. The number of benzene rings is 1. The minimum absolute atomic E-state index is 0.0636. The maximum Gasteiger partial charge on any atom is 0.246 e. The summed E-state index contributed by atoms with van der Waals surface area (Å²) in [6.45, 7) is 9.22. The fraction of sp³-hybridized carbons (Fsp3) is 0.621. The van der Waals surface area contributed by atoms with E-state index in [1.807, 2.05) is 34.7 Å². The molecule has 3 aliphatic rings. The van der Waals surface area contributed by atoms with Gasteiger partial charge in [-0.1, -0.05) is 50.3 Å². The van der Waals surface area contributed by atoms with E-state index in [2.05, 4.69) is 36.2 Å². The Hall–Kier alpha value is -2.67. The van der Waals surface area contributed by atoms with Crippen molar-refractivity contribution in [3.8, 4) is 5.69 Å². The number of piperidine rings is 1. The number of carbonyl (C=O) groups excluding carboxylic acids is 2. The van der Waals surface area contributed by atoms with Gasteiger partial charge in [0.25, 0.3) is 0 Å². The smallest absolute Gasteiger partial charge is 0.246 e. The highest BCUT2D eigenvalue weighted by atomic mass is 16.2. The number of hydrogen-bond donors (Lipinski definition) is 1. The van der Waals surface area contributed by atoms with Crippen molar-refractivity contribution in [2.75, 3.05) is 19.6 Å². The largest absolute Gasteiger partial charge is 0.342 e. The van der Waals surface area contributed by atoms with Crippen LogP contribution in [0.2, 0.25) is 0 Å². The van der Waals surface area contributed by atoms with Crippen LogP contribution >= 0.6 is 0 Å². The highest BCUT2D eigenvalue weighted by Gasteiger charge is 2.53. The van der Waals surface area contributed by atoms with Gasteiger partial charge in [-0.2, -0.15) is 5.10 Å². The molecule has 0 unspecified atom stereocenters. The van der Waals surface area contributed by atoms with Crippen LogP contribution in [0.15, 0.2) is 30.3 Å². The maximum absolute atomic E-state index is 13.5. The van der Waals surface area contributed by atoms with Crippen LogP contribution in [0.5, 0.6) is 0 Å². The number of nitrogens with zero attached hydrogens (tertiary/aromatic N) is 4. The summed E-state index contributed by atoms with van der Waals surface area (Å²) in [7, 11) is 0. The predicted molar refractivity (Wildman–Crippen MR) is 141 cm³/mol. The summed E-state index contributed by atoms with van der Waals surface area (Å²) in [4.78, 5) is 31.4. The lowest BCUT2D eigenvalue weighted by Gasteiger charge is -2.51. The van der Waals surface area contributed by atoms with Gasteiger partial charge in [0.05, 0.1) is 11.4 Å². The van der Waals surface area contributed by atoms with Crippen LogP contribution in [0, 0.1) is 19.8 Å². The van der Waals surface area contributed by atoms with Crippen molar-refractivity contribution in [2.24, 2.45) is 5.92 Å². The fourth-order valence-corrected chi connectivity index (χ4v) is 6.78. The molecule has 0 radical (unpaired) electrons. The van der Waals surface area contributed by atoms with Crippen LogP contribution in [-0.4, -0.2) is 62.6 Å². The Bertz CT molecular complexity index is 1080. The molecular formula is C29H41N5O2. The summed E-state index contributed by atoms with van der Waals surface area (Å²) >= 11 is 0. The van der Waals surface area contributed by atoms with Crippen LogP contribution in [-0.2, 0) is 16.1 Å². The molecule has 7 nitrogen and oxygen atoms in total. The van der Waals surface area contributed by atoms with Crippen LogP contribution in [0.4, 0.5) is 0 Å². The molecule has 1 aromatic carbocycles. The number of carbonyl (C=O) groups is 2. The van der Waals surface area contributed by atoms with Crippen molar-refractivity contribution in [1.29, 1.82) is 0 Å². The van der Waals surface area contributed by atoms with Crippen molar-refractivity contribution in [3.05, 3.63) is 47.3 Å². The van der Waals surface area contributed by atoms with Crippen LogP contribution in [0.25, 0.3) is 5.69 Å². The second kappa shape index (κ2) is 10.4. The molecule has 3 heterocycles. The van der Waals surface area contributed by atoms with Gasteiger partial charge in [0.1, 0.15) is 11.6 Å². The molecule has 1 aromatic heterocycles. The second-order valence-electron chi connectivity index (χ2n) is 11.1. The van der Waals surface area contributed by atoms with Gasteiger partial charge in [0.15, 0.2) is 0 Å². The van der Waals surface area contributed by atoms with E-state index in [9.17, 15) is 9.59 Å². The molecule has 1 N–H and O–H groups in total. The number of piperazine rings is 1. The highest BCUT2D eigenvalue weighted by Crippen LogP contribution is 2.36. The Morgan fingerprint density at radius 3 is 2.39 bits per heavy atom. The number of aromatic nitrogens is 2. The Labute approximate surface area is 215 Å². The van der Waals surface area contributed by atoms with Gasteiger partial charge in [-0.15, -0.1) is 0 Å². The lowest BCUT2D eigenvalue weighted by atomic mass is 9.79. The quantitative estimate of drug-likeness (QED) is 0.659. The molecule has 36 heavy (non-hydrogen) atoms. The topological polar surface area (TPSA) is 70.5 Å². The Morgan fingerprint density at radius 2 is 1.72 bits per heavy atom. The summed E-state index contributed by atoms with van der Waals surface area (Å²) in [5, 5.41) is 7.99. The van der Waals surface area contributed by atoms with Gasteiger partial charge in [0, 0.05) is 37.4 Å². The molecule has 5 rings (SSSR count). The number of rotatable bonds is 6. The van der Waals surface area contributed by atoms with Crippen LogP contribution < -0.4 is 5.32 Å². The first-order chi connectivity index (χ1) is 17.4. The normalized spacial score (nSPS) is 23.3. The number of para-hydroxylation sites is 1. The minimum atomic E-state index is -0.705. The third-order valence-corrected chi connectivity index (χ3v) is 8.93. The Morgan fingerprint density at radius 1 is 1.03 bits per heavy atom. The zero-order valence-corrected chi connectivity index (χ0v) is 22.1. The number of aryl methyl sites for hydroxylation is 1. The van der Waals surface area contributed by atoms with E-state index in [0.29, 0.717) is 25.3 Å². The van der Waals surface area contributed by atoms with E-state index in [4.69, 9.17) is 5.10 Å². The van der Waals surface area contributed by atoms with Gasteiger partial charge in [-0.3, -0.25) is 14.5 Å². The summed E-state index contributed by atoms with van der Waals surface area (Å²) < 4.78 is 2.02. The number of nitrogens with one attached hydrogen (secondary N) is 1. The van der Waals surface area contributed by atoms with Crippen LogP contribution in [0.1, 0.15) is 75.2 Å². The molecule has 2 aromatic rings. The number of likely N-dealkylation sites (tertiary alicyclic amines) is 1. The minimum Gasteiger partial charge on any atom is -0.342 e. The highest BCUT2D eigenvalue weighted by molar-refractivity contribution is 6.00. The molecule has 194 valence electrons. The standard InChI is InChI=1S/C29H41N5O2/c1-4-33-27(35)26(19-23-11-7-5-8-12-23)30-28(36)29(33)15-17-32(18-16-29)20-25-21(2)31-34(22(25)3)24-13-9-6-10-14-24/h6,9-10,13-14,23,26H,4-5,7-8,11-12,15-20H2,1-3H3,(H,30,36)/t26-/m0/s1. The van der Waals surface area contributed by atoms with Crippen molar-refractivity contribution in [1.82, 2.24) is 24.9 Å². The van der Waals surface area contributed by atoms with E-state index in [0.717, 1.165) is 43.1 Å². The summed E-state index contributed by atoms with van der Waals surface area (Å²) in [5.41, 5.74) is 3.82. The monoisotopic (exact) mass is 491 g/mol. The first kappa shape index (κ1) is 25.0. The number of amides is 2. The first-order valence-corrected chi connectivity index (χ1v) is 13.9. The zero-order chi connectivity index (χ0) is 25.3. The fourth-order valence-electron chi connectivity index (χ4n) is 6.78. The molecule has 1 saturated carbocycles. The van der Waals surface area contributed by atoms with E-state index in [1.165, 1.54) is 37.7 Å². The van der Waals surface area contributed by atoms with Gasteiger partial charge in [0.2, 0.25) is 11.8 Å². The lowest BCUT2D eigenvalue weighted by Crippen LogP contribution is -2.72. The lowest BCUT2D eigenvalue weighted by molar-refractivity contribution is -0.161. The maximum atomic E-state index is 13.5. The molecule has 1 aliphatic carbocycles. The van der Waals surface area contributed by atoms with Crippen molar-refractivity contribution in [2.45, 2.75) is 90.3 Å². The predicted octanol–water partition coefficient (Wildman–Crippen LogP) is 4.14. The third kappa shape index (κ3) is 4.58. The number of hydrogen-bond acceptors (Lipinski definition) is 4. The molecule has 2 amide bonds. The van der Waals surface area contributed by atoms with E-state index < -0.39 is 5.54 Å². The summed E-state index contributed by atoms with van der Waals surface area (Å²) in [6.07, 6.45) is 8.33. The molecule has 1 spiro atoms. The Kier molecular flexibility index (Phi) is 7.20. The van der Waals surface area contributed by atoms with Crippen LogP contribution in [0.3, 0.4) is 0 Å². The van der Waals surface area contributed by atoms with Crippen molar-refractivity contribution in [3.63, 3.8) is 0 Å². The third-order valence-electron chi connectivity index (χ3n) is 8.93. The van der Waals surface area contributed by atoms with E-state index >= 15 is 0 Å². The average molecular weight is 492 g/mol. The average Bonchev–Trinajstić information content (AvgIpc) is 3.18. The first-order valence-electron chi connectivity index (χ1n) is 13.9. The zero-order valence-electron chi connectivity index (χ0n) is 22.1. The van der Waals surface area contributed by atoms with Crippen molar-refractivity contribution >= 4 is 11.8 Å². The summed E-state index contributed by atoms with van der Waals surface area (Å²) in [5.74, 6) is 0.756.